The molecule has 2 aliphatic carbocycles. The fourth-order valence-corrected chi connectivity index (χ4v) is 4.61. The molecule has 5 nitrogen and oxygen atoms in total. The number of halogens is 2. The number of benzene rings is 2. The van der Waals surface area contributed by atoms with Gasteiger partial charge in [0.2, 0.25) is 0 Å². The molecule has 3 aliphatic rings. The van der Waals surface area contributed by atoms with Crippen molar-refractivity contribution in [2.24, 2.45) is 0 Å². The number of nitrogens with one attached hydrogen (secondary N) is 1. The summed E-state index contributed by atoms with van der Waals surface area (Å²) in [6.45, 7) is 0.333. The van der Waals surface area contributed by atoms with Crippen molar-refractivity contribution in [1.82, 2.24) is 15.1 Å². The van der Waals surface area contributed by atoms with Gasteiger partial charge in [-0.25, -0.2) is 18.5 Å². The fraction of sp³-hybridized carbons (Fsp3) is 0.391. The van der Waals surface area contributed by atoms with Gasteiger partial charge in [0.25, 0.3) is 5.91 Å². The van der Waals surface area contributed by atoms with Crippen LogP contribution in [0.25, 0.3) is 0 Å². The predicted octanol–water partition coefficient (Wildman–Crippen LogP) is 3.37. The number of carbonyl (C=O) groups excluding carboxylic acids is 2. The maximum atomic E-state index is 14.2. The van der Waals surface area contributed by atoms with Crippen LogP contribution in [0.4, 0.5) is 13.6 Å². The molecule has 1 saturated carbocycles. The summed E-state index contributed by atoms with van der Waals surface area (Å²) in [5, 5.41) is 2.94. The Morgan fingerprint density at radius 1 is 1.10 bits per heavy atom. The van der Waals surface area contributed by atoms with Crippen LogP contribution in [0.15, 0.2) is 42.5 Å². The summed E-state index contributed by atoms with van der Waals surface area (Å²) in [4.78, 5) is 29.3. The summed E-state index contributed by atoms with van der Waals surface area (Å²) in [7, 11) is 0. The Hall–Kier alpha value is -2.80. The van der Waals surface area contributed by atoms with Crippen molar-refractivity contribution in [2.45, 2.75) is 50.2 Å². The number of urea groups is 1. The highest BCUT2D eigenvalue weighted by molar-refractivity contribution is 6.07. The van der Waals surface area contributed by atoms with Crippen molar-refractivity contribution in [3.63, 3.8) is 0 Å². The number of hydrogen-bond donors (Lipinski definition) is 1. The van der Waals surface area contributed by atoms with E-state index in [-0.39, 0.29) is 25.2 Å². The van der Waals surface area contributed by atoms with Crippen LogP contribution in [0.2, 0.25) is 0 Å². The largest absolute Gasteiger partial charge is 0.326 e. The molecule has 0 aromatic heterocycles. The molecule has 1 N–H and O–H groups in total. The van der Waals surface area contributed by atoms with Gasteiger partial charge in [-0.2, -0.15) is 0 Å². The average Bonchev–Trinajstić information content (AvgIpc) is 3.54. The smallest absolute Gasteiger partial charge is 0.323 e. The van der Waals surface area contributed by atoms with E-state index in [0.29, 0.717) is 18.4 Å². The van der Waals surface area contributed by atoms with Crippen LogP contribution >= 0.6 is 0 Å². The van der Waals surface area contributed by atoms with Gasteiger partial charge in [0.05, 0.1) is 6.67 Å². The molecular formula is C23H23F2N3O2. The topological polar surface area (TPSA) is 52.7 Å². The van der Waals surface area contributed by atoms with E-state index in [4.69, 9.17) is 0 Å². The molecule has 1 spiro atoms. The number of imide groups is 1. The molecule has 1 atom stereocenters. The van der Waals surface area contributed by atoms with Crippen molar-refractivity contribution in [2.75, 3.05) is 6.67 Å². The summed E-state index contributed by atoms with van der Waals surface area (Å²) in [6, 6.07) is 11.3. The standard InChI is InChI=1S/C23H23F2N3O2/c24-18-6-5-17(20(25)11-18)13-27(19-7-8-19)14-28-21(29)23(26-22(28)30)10-9-15-3-1-2-4-16(15)12-23/h1-6,11,19H,7-10,12-14H2,(H,26,30). The van der Waals surface area contributed by atoms with Gasteiger partial charge in [0, 0.05) is 30.6 Å². The normalized spacial score (nSPS) is 23.2. The van der Waals surface area contributed by atoms with E-state index in [1.807, 2.05) is 23.1 Å². The van der Waals surface area contributed by atoms with Crippen LogP contribution in [-0.4, -0.2) is 40.0 Å². The molecule has 2 aromatic carbocycles. The van der Waals surface area contributed by atoms with Crippen LogP contribution in [0.1, 0.15) is 36.0 Å². The lowest BCUT2D eigenvalue weighted by atomic mass is 9.78. The third-order valence-corrected chi connectivity index (χ3v) is 6.45. The summed E-state index contributed by atoms with van der Waals surface area (Å²) in [5.74, 6) is -1.45. The van der Waals surface area contributed by atoms with Crippen molar-refractivity contribution in [1.29, 1.82) is 0 Å². The molecular weight excluding hydrogens is 388 g/mol. The number of carbonyl (C=O) groups is 2. The second-order valence-corrected chi connectivity index (χ2v) is 8.55. The zero-order valence-electron chi connectivity index (χ0n) is 16.5. The number of aryl methyl sites for hydroxylation is 1. The molecule has 1 aliphatic heterocycles. The SMILES string of the molecule is O=C1NC2(CCc3ccccc3C2)C(=O)N1CN(Cc1ccc(F)cc1F)C1CC1. The molecule has 30 heavy (non-hydrogen) atoms. The summed E-state index contributed by atoms with van der Waals surface area (Å²) < 4.78 is 27.4. The lowest BCUT2D eigenvalue weighted by Crippen LogP contribution is -2.51. The van der Waals surface area contributed by atoms with E-state index in [9.17, 15) is 18.4 Å². The van der Waals surface area contributed by atoms with Gasteiger partial charge in [-0.1, -0.05) is 30.3 Å². The van der Waals surface area contributed by atoms with Gasteiger partial charge in [0.15, 0.2) is 0 Å². The zero-order valence-corrected chi connectivity index (χ0v) is 16.5. The first-order chi connectivity index (χ1) is 14.4. The number of amides is 3. The molecule has 2 fully saturated rings. The van der Waals surface area contributed by atoms with Crippen molar-refractivity contribution in [3.05, 3.63) is 70.8 Å². The number of hydrogen-bond acceptors (Lipinski definition) is 3. The minimum Gasteiger partial charge on any atom is -0.323 e. The minimum absolute atomic E-state index is 0.107. The first kappa shape index (κ1) is 19.2. The molecule has 3 amide bonds. The molecule has 156 valence electrons. The van der Waals surface area contributed by atoms with Crippen molar-refractivity contribution in [3.8, 4) is 0 Å². The third-order valence-electron chi connectivity index (χ3n) is 6.45. The van der Waals surface area contributed by atoms with Gasteiger partial charge in [-0.05, 0) is 42.9 Å². The van der Waals surface area contributed by atoms with Gasteiger partial charge < -0.3 is 5.32 Å². The molecule has 0 bridgehead atoms. The van der Waals surface area contributed by atoms with E-state index in [0.717, 1.165) is 30.9 Å². The monoisotopic (exact) mass is 411 g/mol. The maximum Gasteiger partial charge on any atom is 0.326 e. The second-order valence-electron chi connectivity index (χ2n) is 8.55. The lowest BCUT2D eigenvalue weighted by Gasteiger charge is -2.33. The zero-order chi connectivity index (χ0) is 20.9. The maximum absolute atomic E-state index is 14.2. The predicted molar refractivity (Wildman–Crippen MR) is 106 cm³/mol. The summed E-state index contributed by atoms with van der Waals surface area (Å²) in [6.07, 6.45) is 3.67. The second kappa shape index (κ2) is 7.16. The first-order valence-electron chi connectivity index (χ1n) is 10.3. The first-order valence-corrected chi connectivity index (χ1v) is 10.3. The van der Waals surface area contributed by atoms with E-state index in [1.165, 1.54) is 22.6 Å². The van der Waals surface area contributed by atoms with E-state index >= 15 is 0 Å². The van der Waals surface area contributed by atoms with Crippen LogP contribution in [0, 0.1) is 11.6 Å². The molecule has 1 unspecified atom stereocenters. The third kappa shape index (κ3) is 3.37. The van der Waals surface area contributed by atoms with E-state index < -0.39 is 23.2 Å². The van der Waals surface area contributed by atoms with Crippen LogP contribution in [-0.2, 0) is 24.2 Å². The van der Waals surface area contributed by atoms with E-state index in [2.05, 4.69) is 11.4 Å². The molecule has 2 aromatic rings. The number of nitrogens with zero attached hydrogens (tertiary/aromatic N) is 2. The Bertz CT molecular complexity index is 1020. The molecule has 5 rings (SSSR count). The van der Waals surface area contributed by atoms with Crippen LogP contribution < -0.4 is 5.32 Å². The molecule has 1 heterocycles. The molecule has 0 radical (unpaired) electrons. The Labute approximate surface area is 173 Å². The summed E-state index contributed by atoms with van der Waals surface area (Å²) in [5.41, 5.74) is 1.76. The highest BCUT2D eigenvalue weighted by Crippen LogP contribution is 2.35. The highest BCUT2D eigenvalue weighted by Gasteiger charge is 2.53. The summed E-state index contributed by atoms with van der Waals surface area (Å²) >= 11 is 0. The Balaban J connectivity index is 1.35. The Morgan fingerprint density at radius 3 is 2.60 bits per heavy atom. The average molecular weight is 411 g/mol. The minimum atomic E-state index is -0.901. The highest BCUT2D eigenvalue weighted by atomic mass is 19.1. The Kier molecular flexibility index (Phi) is 4.58. The van der Waals surface area contributed by atoms with E-state index in [1.54, 1.807) is 0 Å². The lowest BCUT2D eigenvalue weighted by molar-refractivity contribution is -0.133. The van der Waals surface area contributed by atoms with Gasteiger partial charge in [-0.15, -0.1) is 0 Å². The van der Waals surface area contributed by atoms with Crippen molar-refractivity contribution < 1.29 is 18.4 Å². The fourth-order valence-electron chi connectivity index (χ4n) is 4.61. The number of rotatable bonds is 5. The van der Waals surface area contributed by atoms with Gasteiger partial charge >= 0.3 is 6.03 Å². The Morgan fingerprint density at radius 2 is 1.87 bits per heavy atom. The quantitative estimate of drug-likeness (QED) is 0.768. The van der Waals surface area contributed by atoms with Crippen molar-refractivity contribution >= 4 is 11.9 Å². The van der Waals surface area contributed by atoms with Gasteiger partial charge in [0.1, 0.15) is 17.2 Å². The van der Waals surface area contributed by atoms with Crippen LogP contribution in [0.3, 0.4) is 0 Å². The van der Waals surface area contributed by atoms with Gasteiger partial charge in [-0.3, -0.25) is 9.69 Å². The molecule has 7 heteroatoms. The van der Waals surface area contributed by atoms with Crippen LogP contribution in [0.5, 0.6) is 0 Å². The number of fused-ring (bicyclic) bond motifs is 1. The molecule has 1 saturated heterocycles.